The number of fused-ring (bicyclic) bond motifs is 1. The Morgan fingerprint density at radius 1 is 1.05 bits per heavy atom. The van der Waals surface area contributed by atoms with E-state index < -0.39 is 28.1 Å². The van der Waals surface area contributed by atoms with Crippen molar-refractivity contribution in [3.63, 3.8) is 0 Å². The maximum atomic E-state index is 13.3. The summed E-state index contributed by atoms with van der Waals surface area (Å²) in [4.78, 5) is 13.4. The second-order valence-corrected chi connectivity index (χ2v) is 11.1. The Kier molecular flexibility index (Phi) is 6.67. The number of rotatable bonds is 9. The third-order valence-corrected chi connectivity index (χ3v) is 8.24. The number of aliphatic hydroxyl groups excluding tert-OH is 2. The first-order valence-corrected chi connectivity index (χ1v) is 13.4. The van der Waals surface area contributed by atoms with Gasteiger partial charge in [-0.2, -0.15) is 0 Å². The molecule has 198 valence electrons. The molecule has 1 saturated carbocycles. The molecule has 37 heavy (non-hydrogen) atoms. The molecule has 0 saturated heterocycles. The summed E-state index contributed by atoms with van der Waals surface area (Å²) >= 11 is 0. The highest BCUT2D eigenvalue weighted by atomic mass is 32.2. The molecule has 1 fully saturated rings. The van der Waals surface area contributed by atoms with Crippen LogP contribution in [0.25, 0.3) is 11.1 Å². The van der Waals surface area contributed by atoms with Crippen molar-refractivity contribution in [3.05, 3.63) is 71.8 Å². The smallest absolute Gasteiger partial charge is 0.240 e. The molecule has 0 bridgehead atoms. The highest BCUT2D eigenvalue weighted by Crippen LogP contribution is 2.51. The number of ether oxygens (including phenoxy) is 2. The van der Waals surface area contributed by atoms with Gasteiger partial charge in [-0.15, -0.1) is 0 Å². The summed E-state index contributed by atoms with van der Waals surface area (Å²) in [6.07, 6.45) is 0.321. The summed E-state index contributed by atoms with van der Waals surface area (Å²) < 4.78 is 38.0. The summed E-state index contributed by atoms with van der Waals surface area (Å²) in [5, 5.41) is 21.4. The summed E-state index contributed by atoms with van der Waals surface area (Å²) in [6.45, 7) is 1.30. The van der Waals surface area contributed by atoms with Gasteiger partial charge in [0.15, 0.2) is 11.5 Å². The van der Waals surface area contributed by atoms with E-state index in [2.05, 4.69) is 10.0 Å². The molecule has 4 N–H and O–H groups in total. The standard InChI is InChI=1S/C27H28N2O7S.2H2/c1-17-2-6-20(29-26(32)27(10-11-27)19-5-9-24-25(12-19)36-16-35-24)13-23(17)18-3-7-22(8-4-18)37(33,34)28-14-21(31)15-30;;/h2-9,12-13,21,28,30-31H,10-11,14-16H2,1H3,(H,29,32);2*1H/t21-;;/m0../s1. The lowest BCUT2D eigenvalue weighted by atomic mass is 9.94. The van der Waals surface area contributed by atoms with E-state index in [9.17, 15) is 18.3 Å². The van der Waals surface area contributed by atoms with Crippen molar-refractivity contribution in [3.8, 4) is 22.6 Å². The largest absolute Gasteiger partial charge is 0.454 e. The van der Waals surface area contributed by atoms with Crippen molar-refractivity contribution in [2.75, 3.05) is 25.3 Å². The Labute approximate surface area is 218 Å². The average molecular weight is 529 g/mol. The van der Waals surface area contributed by atoms with Crippen molar-refractivity contribution in [2.45, 2.75) is 36.2 Å². The van der Waals surface area contributed by atoms with E-state index >= 15 is 0 Å². The third kappa shape index (κ3) is 5.05. The average Bonchev–Trinajstić information content (AvgIpc) is 3.59. The highest BCUT2D eigenvalue weighted by molar-refractivity contribution is 7.89. The van der Waals surface area contributed by atoms with E-state index in [0.717, 1.165) is 35.1 Å². The predicted molar refractivity (Wildman–Crippen MR) is 141 cm³/mol. The molecule has 9 nitrogen and oxygen atoms in total. The first kappa shape index (κ1) is 25.2. The van der Waals surface area contributed by atoms with Gasteiger partial charge < -0.3 is 25.0 Å². The van der Waals surface area contributed by atoms with Crippen LogP contribution in [0.5, 0.6) is 11.5 Å². The van der Waals surface area contributed by atoms with E-state index in [1.807, 2.05) is 43.3 Å². The van der Waals surface area contributed by atoms with Crippen molar-refractivity contribution < 1.29 is 35.8 Å². The monoisotopic (exact) mass is 528 g/mol. The SMILES string of the molecule is Cc1ccc(NC(=O)C2(c3ccc4c(c3)OCO4)CC2)cc1-c1ccc(S(=O)(=O)NC[C@H](O)CO)cc1.[HH].[HH]. The van der Waals surface area contributed by atoms with Gasteiger partial charge in [-0.3, -0.25) is 4.79 Å². The third-order valence-electron chi connectivity index (χ3n) is 6.80. The minimum atomic E-state index is -3.83. The Morgan fingerprint density at radius 3 is 2.49 bits per heavy atom. The van der Waals surface area contributed by atoms with Gasteiger partial charge in [-0.1, -0.05) is 24.3 Å². The number of hydrogen-bond donors (Lipinski definition) is 4. The topological polar surface area (TPSA) is 134 Å². The molecule has 3 aromatic carbocycles. The Morgan fingerprint density at radius 2 is 1.78 bits per heavy atom. The molecule has 1 atom stereocenters. The number of sulfonamides is 1. The van der Waals surface area contributed by atoms with Crippen molar-refractivity contribution >= 4 is 21.6 Å². The Balaban J connectivity index is 0.00000210. The van der Waals surface area contributed by atoms with Gasteiger partial charge in [0.1, 0.15) is 0 Å². The molecule has 3 aromatic rings. The van der Waals surface area contributed by atoms with Crippen LogP contribution in [-0.2, 0) is 20.2 Å². The zero-order valence-corrected chi connectivity index (χ0v) is 21.0. The van der Waals surface area contributed by atoms with Crippen LogP contribution >= 0.6 is 0 Å². The van der Waals surface area contributed by atoms with Crippen molar-refractivity contribution in [1.29, 1.82) is 0 Å². The molecule has 0 radical (unpaired) electrons. The molecular formula is C27H32N2O7S. The molecular weight excluding hydrogens is 496 g/mol. The number of hydrogen-bond acceptors (Lipinski definition) is 7. The van der Waals surface area contributed by atoms with E-state index in [-0.39, 0.29) is 27.0 Å². The van der Waals surface area contributed by atoms with Gasteiger partial charge in [0.2, 0.25) is 22.7 Å². The van der Waals surface area contributed by atoms with Gasteiger partial charge >= 0.3 is 0 Å². The number of benzene rings is 3. The minimum Gasteiger partial charge on any atom is -0.454 e. The van der Waals surface area contributed by atoms with Crippen LogP contribution in [0.2, 0.25) is 0 Å². The second kappa shape index (κ2) is 9.79. The Bertz CT molecular complexity index is 1440. The van der Waals surface area contributed by atoms with Gasteiger partial charge in [0.25, 0.3) is 0 Å². The molecule has 2 aliphatic rings. The molecule has 1 aliphatic carbocycles. The van der Waals surface area contributed by atoms with Crippen molar-refractivity contribution in [1.82, 2.24) is 4.72 Å². The van der Waals surface area contributed by atoms with E-state index in [0.29, 0.717) is 17.2 Å². The number of aliphatic hydroxyl groups is 2. The molecule has 0 spiro atoms. The maximum absolute atomic E-state index is 13.3. The maximum Gasteiger partial charge on any atom is 0.240 e. The van der Waals surface area contributed by atoms with E-state index in [1.54, 1.807) is 12.1 Å². The van der Waals surface area contributed by atoms with Crippen LogP contribution in [0, 0.1) is 6.92 Å². The molecule has 1 aliphatic heterocycles. The van der Waals surface area contributed by atoms with Crippen LogP contribution in [-0.4, -0.2) is 50.6 Å². The summed E-state index contributed by atoms with van der Waals surface area (Å²) in [5.41, 5.74) is 3.57. The van der Waals surface area contributed by atoms with Crippen LogP contribution in [0.1, 0.15) is 26.8 Å². The van der Waals surface area contributed by atoms with Gasteiger partial charge in [-0.25, -0.2) is 13.1 Å². The molecule has 1 amide bonds. The molecule has 1 heterocycles. The molecule has 5 rings (SSSR count). The van der Waals surface area contributed by atoms with Gasteiger partial charge in [0, 0.05) is 15.1 Å². The van der Waals surface area contributed by atoms with Gasteiger partial charge in [-0.05, 0) is 78.4 Å². The lowest BCUT2D eigenvalue weighted by molar-refractivity contribution is -0.118. The second-order valence-electron chi connectivity index (χ2n) is 9.35. The number of anilines is 1. The first-order chi connectivity index (χ1) is 17.7. The van der Waals surface area contributed by atoms with Crippen LogP contribution in [0.4, 0.5) is 5.69 Å². The Hall–Kier alpha value is -3.44. The molecule has 0 aromatic heterocycles. The van der Waals surface area contributed by atoms with Crippen LogP contribution < -0.4 is 19.5 Å². The normalized spacial score (nSPS) is 16.3. The van der Waals surface area contributed by atoms with Crippen LogP contribution in [0.15, 0.2) is 65.6 Å². The summed E-state index contributed by atoms with van der Waals surface area (Å²) in [6, 6.07) is 17.6. The fraction of sp³-hybridized carbons (Fsp3) is 0.296. The zero-order valence-electron chi connectivity index (χ0n) is 20.2. The quantitative estimate of drug-likeness (QED) is 0.335. The minimum absolute atomic E-state index is 0. The molecule has 10 heteroatoms. The van der Waals surface area contributed by atoms with E-state index in [4.69, 9.17) is 14.6 Å². The highest BCUT2D eigenvalue weighted by Gasteiger charge is 2.51. The van der Waals surface area contributed by atoms with E-state index in [1.165, 1.54) is 12.1 Å². The number of nitrogens with one attached hydrogen (secondary N) is 2. The molecule has 0 unspecified atom stereocenters. The number of carbonyl (C=O) groups excluding carboxylic acids is 1. The van der Waals surface area contributed by atoms with Crippen LogP contribution in [0.3, 0.4) is 0 Å². The summed E-state index contributed by atoms with van der Waals surface area (Å²) in [7, 11) is -3.83. The summed E-state index contributed by atoms with van der Waals surface area (Å²) in [5.74, 6) is 1.25. The fourth-order valence-electron chi connectivity index (χ4n) is 4.39. The lowest BCUT2D eigenvalue weighted by Gasteiger charge is -2.17. The zero-order chi connectivity index (χ0) is 26.2. The fourth-order valence-corrected chi connectivity index (χ4v) is 5.47. The number of carbonyl (C=O) groups is 1. The van der Waals surface area contributed by atoms with Crippen molar-refractivity contribution in [2.24, 2.45) is 0 Å². The lowest BCUT2D eigenvalue weighted by Crippen LogP contribution is -2.33. The number of aryl methyl sites for hydroxylation is 1. The van der Waals surface area contributed by atoms with Gasteiger partial charge in [0.05, 0.1) is 23.0 Å². The number of amides is 1. The first-order valence-electron chi connectivity index (χ1n) is 11.9. The predicted octanol–water partition coefficient (Wildman–Crippen LogP) is 3.18.